The van der Waals surface area contributed by atoms with Crippen LogP contribution in [-0.2, 0) is 10.3 Å². The van der Waals surface area contributed by atoms with Crippen LogP contribution in [0.1, 0.15) is 43.4 Å². The van der Waals surface area contributed by atoms with Gasteiger partial charge in [0, 0.05) is 25.8 Å². The molecule has 2 atom stereocenters. The van der Waals surface area contributed by atoms with E-state index in [-0.39, 0.29) is 18.7 Å². The second-order valence-corrected chi connectivity index (χ2v) is 7.77. The minimum atomic E-state index is -0.679. The molecule has 0 bridgehead atoms. The number of aliphatic hydroxyl groups excluding tert-OH is 1. The van der Waals surface area contributed by atoms with E-state index in [1.807, 2.05) is 67.6 Å². The van der Waals surface area contributed by atoms with Crippen LogP contribution >= 0.6 is 0 Å². The van der Waals surface area contributed by atoms with Gasteiger partial charge in [-0.2, -0.15) is 5.10 Å². The van der Waals surface area contributed by atoms with Gasteiger partial charge in [0.2, 0.25) is 0 Å². The van der Waals surface area contributed by atoms with Crippen molar-refractivity contribution in [3.8, 4) is 11.3 Å². The molecule has 0 saturated carbocycles. The number of cyclic esters (lactones) is 1. The maximum atomic E-state index is 13.0. The van der Waals surface area contributed by atoms with Gasteiger partial charge in [-0.25, -0.2) is 4.79 Å². The van der Waals surface area contributed by atoms with Crippen molar-refractivity contribution in [2.24, 2.45) is 0 Å². The molecule has 1 aliphatic heterocycles. The first-order valence-corrected chi connectivity index (χ1v) is 10.4. The number of aromatic nitrogens is 2. The van der Waals surface area contributed by atoms with Crippen molar-refractivity contribution in [2.45, 2.75) is 37.8 Å². The maximum Gasteiger partial charge on any atom is 0.411 e. The van der Waals surface area contributed by atoms with Crippen LogP contribution in [0, 0.1) is 0 Å². The highest BCUT2D eigenvalue weighted by atomic mass is 16.6. The Labute approximate surface area is 176 Å². The molecule has 2 N–H and O–H groups in total. The largest absolute Gasteiger partial charge is 0.438 e. The zero-order valence-corrected chi connectivity index (χ0v) is 17.1. The molecule has 6 heteroatoms. The smallest absolute Gasteiger partial charge is 0.411 e. The van der Waals surface area contributed by atoms with Gasteiger partial charge in [0.25, 0.3) is 0 Å². The standard InChI is InChI=1S/C24H27N3O3/c1-18(19-8-10-20(11-9-19)22-12-15-25-26-22)27-16-14-24(13-5-17-28,30-23(27)29)21-6-3-2-4-7-21/h2-4,6-12,15,18,28H,5,13-14,16-17H2,1H3,(H,25,26). The molecule has 0 aliphatic carbocycles. The molecule has 3 aromatic rings. The quantitative estimate of drug-likeness (QED) is 0.600. The average Bonchev–Trinajstić information content (AvgIpc) is 3.33. The summed E-state index contributed by atoms with van der Waals surface area (Å²) in [7, 11) is 0. The van der Waals surface area contributed by atoms with Crippen LogP contribution in [0.5, 0.6) is 0 Å². The molecule has 1 amide bonds. The van der Waals surface area contributed by atoms with E-state index in [1.54, 1.807) is 11.1 Å². The number of benzene rings is 2. The maximum absolute atomic E-state index is 13.0. The van der Waals surface area contributed by atoms with E-state index >= 15 is 0 Å². The summed E-state index contributed by atoms with van der Waals surface area (Å²) >= 11 is 0. The Kier molecular flexibility index (Phi) is 5.86. The Bertz CT molecular complexity index is 957. The lowest BCUT2D eigenvalue weighted by atomic mass is 9.84. The molecule has 1 fully saturated rings. The number of aliphatic hydroxyl groups is 1. The van der Waals surface area contributed by atoms with Crippen LogP contribution in [0.4, 0.5) is 4.79 Å². The van der Waals surface area contributed by atoms with Gasteiger partial charge in [-0.3, -0.25) is 5.10 Å². The van der Waals surface area contributed by atoms with Crippen LogP contribution < -0.4 is 0 Å². The molecule has 2 aromatic carbocycles. The summed E-state index contributed by atoms with van der Waals surface area (Å²) in [5.41, 5.74) is 3.38. The molecular formula is C24H27N3O3. The second kappa shape index (κ2) is 8.71. The van der Waals surface area contributed by atoms with E-state index in [2.05, 4.69) is 10.2 Å². The zero-order valence-electron chi connectivity index (χ0n) is 17.1. The van der Waals surface area contributed by atoms with Crippen molar-refractivity contribution < 1.29 is 14.6 Å². The van der Waals surface area contributed by atoms with E-state index in [4.69, 9.17) is 4.74 Å². The number of ether oxygens (including phenoxy) is 1. The third-order valence-electron chi connectivity index (χ3n) is 5.98. The first-order valence-electron chi connectivity index (χ1n) is 10.4. The van der Waals surface area contributed by atoms with Crippen LogP contribution in [0.3, 0.4) is 0 Å². The molecule has 2 unspecified atom stereocenters. The number of hydrogen-bond acceptors (Lipinski definition) is 4. The number of amides is 1. The van der Waals surface area contributed by atoms with Crippen LogP contribution in [0.15, 0.2) is 66.9 Å². The summed E-state index contributed by atoms with van der Waals surface area (Å²) in [6, 6.07) is 19.8. The van der Waals surface area contributed by atoms with E-state index in [0.29, 0.717) is 25.8 Å². The predicted molar refractivity (Wildman–Crippen MR) is 115 cm³/mol. The van der Waals surface area contributed by atoms with Crippen molar-refractivity contribution in [1.29, 1.82) is 0 Å². The van der Waals surface area contributed by atoms with E-state index < -0.39 is 5.60 Å². The number of rotatable bonds is 7. The molecule has 2 heterocycles. The predicted octanol–water partition coefficient (Wildman–Crippen LogP) is 4.65. The first kappa shape index (κ1) is 20.2. The number of carbonyl (C=O) groups is 1. The number of H-pyrrole nitrogens is 1. The van der Waals surface area contributed by atoms with Crippen molar-refractivity contribution in [3.63, 3.8) is 0 Å². The third kappa shape index (κ3) is 3.96. The number of aromatic amines is 1. The fourth-order valence-electron chi connectivity index (χ4n) is 4.19. The van der Waals surface area contributed by atoms with Gasteiger partial charge in [0.1, 0.15) is 5.60 Å². The highest BCUT2D eigenvalue weighted by Gasteiger charge is 2.43. The Morgan fingerprint density at radius 1 is 1.17 bits per heavy atom. The lowest BCUT2D eigenvalue weighted by molar-refractivity contribution is -0.0680. The van der Waals surface area contributed by atoms with Gasteiger partial charge >= 0.3 is 6.09 Å². The Morgan fingerprint density at radius 2 is 1.93 bits per heavy atom. The number of nitrogens with one attached hydrogen (secondary N) is 1. The molecule has 6 nitrogen and oxygen atoms in total. The van der Waals surface area contributed by atoms with Gasteiger partial charge in [-0.15, -0.1) is 0 Å². The van der Waals surface area contributed by atoms with E-state index in [1.165, 1.54) is 0 Å². The van der Waals surface area contributed by atoms with Crippen LogP contribution in [-0.4, -0.2) is 39.4 Å². The first-order chi connectivity index (χ1) is 14.6. The molecule has 4 rings (SSSR count). The van der Waals surface area contributed by atoms with Crippen molar-refractivity contribution in [1.82, 2.24) is 15.1 Å². The average molecular weight is 405 g/mol. The molecule has 1 aromatic heterocycles. The summed E-state index contributed by atoms with van der Waals surface area (Å²) in [6.07, 6.45) is 3.31. The van der Waals surface area contributed by atoms with Crippen molar-refractivity contribution >= 4 is 6.09 Å². The summed E-state index contributed by atoms with van der Waals surface area (Å²) in [4.78, 5) is 14.8. The SMILES string of the molecule is CC(c1ccc(-c2ccn[nH]2)cc1)N1CCC(CCCO)(c2ccccc2)OC1=O. The highest BCUT2D eigenvalue weighted by molar-refractivity contribution is 5.70. The van der Waals surface area contributed by atoms with Gasteiger partial charge in [-0.05, 0) is 42.5 Å². The fourth-order valence-corrected chi connectivity index (χ4v) is 4.19. The van der Waals surface area contributed by atoms with Crippen molar-refractivity contribution in [2.75, 3.05) is 13.2 Å². The molecule has 1 saturated heterocycles. The van der Waals surface area contributed by atoms with Crippen molar-refractivity contribution in [3.05, 3.63) is 78.0 Å². The minimum Gasteiger partial charge on any atom is -0.438 e. The minimum absolute atomic E-state index is 0.0783. The lowest BCUT2D eigenvalue weighted by Gasteiger charge is -2.43. The van der Waals surface area contributed by atoms with Gasteiger partial charge in [-0.1, -0.05) is 54.6 Å². The summed E-state index contributed by atoms with van der Waals surface area (Å²) < 4.78 is 6.06. The topological polar surface area (TPSA) is 78.5 Å². The number of carbonyl (C=O) groups excluding carboxylic acids is 1. The van der Waals surface area contributed by atoms with Gasteiger partial charge in [0.15, 0.2) is 0 Å². The highest BCUT2D eigenvalue weighted by Crippen LogP contribution is 2.40. The number of nitrogens with zero attached hydrogens (tertiary/aromatic N) is 2. The summed E-state index contributed by atoms with van der Waals surface area (Å²) in [5.74, 6) is 0. The van der Waals surface area contributed by atoms with Gasteiger partial charge in [0.05, 0.1) is 11.7 Å². The van der Waals surface area contributed by atoms with Crippen LogP contribution in [0.2, 0.25) is 0 Å². The molecule has 30 heavy (non-hydrogen) atoms. The molecule has 0 radical (unpaired) electrons. The summed E-state index contributed by atoms with van der Waals surface area (Å²) in [6.45, 7) is 2.70. The fraction of sp³-hybridized carbons (Fsp3) is 0.333. The van der Waals surface area contributed by atoms with E-state index in [9.17, 15) is 9.90 Å². The second-order valence-electron chi connectivity index (χ2n) is 7.77. The van der Waals surface area contributed by atoms with Crippen LogP contribution in [0.25, 0.3) is 11.3 Å². The molecule has 156 valence electrons. The van der Waals surface area contributed by atoms with E-state index in [0.717, 1.165) is 22.4 Å². The lowest BCUT2D eigenvalue weighted by Crippen LogP contribution is -2.48. The molecular weight excluding hydrogens is 378 g/mol. The monoisotopic (exact) mass is 405 g/mol. The third-order valence-corrected chi connectivity index (χ3v) is 5.98. The Balaban J connectivity index is 1.51. The molecule has 1 aliphatic rings. The normalized spacial score (nSPS) is 20.1. The van der Waals surface area contributed by atoms with Gasteiger partial charge < -0.3 is 14.7 Å². The zero-order chi connectivity index (χ0) is 21.0. The number of hydrogen-bond donors (Lipinski definition) is 2. The Morgan fingerprint density at radius 3 is 2.57 bits per heavy atom. The molecule has 0 spiro atoms. The Hall–Kier alpha value is -3.12. The summed E-state index contributed by atoms with van der Waals surface area (Å²) in [5, 5.41) is 16.3.